The van der Waals surface area contributed by atoms with Crippen LogP contribution >= 0.6 is 0 Å². The lowest BCUT2D eigenvalue weighted by atomic mass is 10.1. The van der Waals surface area contributed by atoms with Crippen molar-refractivity contribution in [3.63, 3.8) is 0 Å². The van der Waals surface area contributed by atoms with Gasteiger partial charge in [0.05, 0.1) is 11.6 Å². The fraction of sp³-hybridized carbons (Fsp3) is 0.364. The van der Waals surface area contributed by atoms with Gasteiger partial charge in [-0.1, -0.05) is 5.57 Å². The highest BCUT2D eigenvalue weighted by molar-refractivity contribution is 5.48. The largest absolute Gasteiger partial charge is 0.327 e. The van der Waals surface area contributed by atoms with Crippen molar-refractivity contribution in [3.8, 4) is 18.2 Å². The van der Waals surface area contributed by atoms with E-state index in [9.17, 15) is 0 Å². The molecule has 1 aliphatic rings. The highest BCUT2D eigenvalue weighted by Crippen LogP contribution is 2.27. The summed E-state index contributed by atoms with van der Waals surface area (Å²) < 4.78 is 0. The Bertz CT molecular complexity index is 421. The van der Waals surface area contributed by atoms with Crippen LogP contribution in [0.2, 0.25) is 0 Å². The molecule has 1 rings (SSSR count). The maximum absolute atomic E-state index is 8.90. The van der Waals surface area contributed by atoms with E-state index in [0.29, 0.717) is 12.0 Å². The van der Waals surface area contributed by atoms with Gasteiger partial charge in [0.15, 0.2) is 0 Å². The summed E-state index contributed by atoms with van der Waals surface area (Å²) in [5.41, 5.74) is 7.05. The van der Waals surface area contributed by atoms with Gasteiger partial charge in [0, 0.05) is 6.04 Å². The number of hydrogen-bond donors (Lipinski definition) is 1. The molecule has 0 aromatic heterocycles. The van der Waals surface area contributed by atoms with Crippen LogP contribution in [0.1, 0.15) is 19.3 Å². The second-order valence-electron chi connectivity index (χ2n) is 3.41. The van der Waals surface area contributed by atoms with Crippen LogP contribution in [0.15, 0.2) is 22.8 Å². The Balaban J connectivity index is 3.02. The van der Waals surface area contributed by atoms with E-state index in [1.165, 1.54) is 6.08 Å². The molecule has 0 spiro atoms. The van der Waals surface area contributed by atoms with Crippen molar-refractivity contribution >= 4 is 0 Å². The molecule has 4 nitrogen and oxygen atoms in total. The monoisotopic (exact) mass is 198 g/mol. The summed E-state index contributed by atoms with van der Waals surface area (Å²) in [6, 6.07) is 5.58. The number of allylic oxidation sites excluding steroid dienone is 3. The van der Waals surface area contributed by atoms with Crippen LogP contribution in [-0.4, -0.2) is 6.04 Å². The van der Waals surface area contributed by atoms with Crippen molar-refractivity contribution in [2.45, 2.75) is 25.3 Å². The third kappa shape index (κ3) is 2.68. The van der Waals surface area contributed by atoms with Gasteiger partial charge in [0.2, 0.25) is 0 Å². The van der Waals surface area contributed by atoms with Crippen LogP contribution in [-0.2, 0) is 0 Å². The first-order valence-corrected chi connectivity index (χ1v) is 4.61. The topological polar surface area (TPSA) is 97.4 Å². The maximum atomic E-state index is 8.90. The molecule has 1 atom stereocenters. The maximum Gasteiger partial charge on any atom is 0.130 e. The zero-order valence-corrected chi connectivity index (χ0v) is 8.20. The van der Waals surface area contributed by atoms with E-state index in [4.69, 9.17) is 21.5 Å². The molecular weight excluding hydrogens is 188 g/mol. The SMILES string of the molecule is N#CC(C#N)=CC(C#N)=C1CCC(N)C1. The summed E-state index contributed by atoms with van der Waals surface area (Å²) in [6.45, 7) is 0. The molecule has 0 aromatic rings. The summed E-state index contributed by atoms with van der Waals surface area (Å²) in [4.78, 5) is 0. The fourth-order valence-corrected chi connectivity index (χ4v) is 1.57. The molecule has 1 saturated carbocycles. The van der Waals surface area contributed by atoms with Crippen LogP contribution in [0.25, 0.3) is 0 Å². The number of hydrogen-bond acceptors (Lipinski definition) is 4. The smallest absolute Gasteiger partial charge is 0.130 e. The number of rotatable bonds is 1. The van der Waals surface area contributed by atoms with Gasteiger partial charge in [0.25, 0.3) is 0 Å². The highest BCUT2D eigenvalue weighted by Gasteiger charge is 2.18. The summed E-state index contributed by atoms with van der Waals surface area (Å²) in [5.74, 6) is 0. The Labute approximate surface area is 88.5 Å². The van der Waals surface area contributed by atoms with Crippen molar-refractivity contribution < 1.29 is 0 Å². The van der Waals surface area contributed by atoms with E-state index in [-0.39, 0.29) is 11.6 Å². The molecule has 0 aromatic carbocycles. The standard InChI is InChI=1S/C11H10N4/c12-5-8(6-13)3-10(7-14)9-1-2-11(15)4-9/h3,11H,1-2,4,15H2. The van der Waals surface area contributed by atoms with Crippen molar-refractivity contribution in [3.05, 3.63) is 22.8 Å². The summed E-state index contributed by atoms with van der Waals surface area (Å²) in [6.07, 6.45) is 3.67. The lowest BCUT2D eigenvalue weighted by Crippen LogP contribution is -2.13. The Morgan fingerprint density at radius 1 is 1.27 bits per heavy atom. The fourth-order valence-electron chi connectivity index (χ4n) is 1.57. The van der Waals surface area contributed by atoms with Crippen LogP contribution in [0.4, 0.5) is 0 Å². The molecule has 1 aliphatic carbocycles. The van der Waals surface area contributed by atoms with Gasteiger partial charge in [-0.15, -0.1) is 0 Å². The zero-order valence-electron chi connectivity index (χ0n) is 8.20. The van der Waals surface area contributed by atoms with E-state index in [1.54, 1.807) is 12.1 Å². The zero-order chi connectivity index (χ0) is 11.3. The molecular formula is C11H10N4. The van der Waals surface area contributed by atoms with E-state index in [2.05, 4.69) is 0 Å². The summed E-state index contributed by atoms with van der Waals surface area (Å²) in [7, 11) is 0. The average Bonchev–Trinajstić information content (AvgIpc) is 2.67. The predicted octanol–water partition coefficient (Wildman–Crippen LogP) is 1.29. The molecule has 1 unspecified atom stereocenters. The Morgan fingerprint density at radius 3 is 2.33 bits per heavy atom. The van der Waals surface area contributed by atoms with Gasteiger partial charge >= 0.3 is 0 Å². The molecule has 0 aliphatic heterocycles. The summed E-state index contributed by atoms with van der Waals surface area (Å²) >= 11 is 0. The molecule has 1 fully saturated rings. The minimum atomic E-state index is -0.0421. The minimum absolute atomic E-state index is 0.0421. The van der Waals surface area contributed by atoms with Crippen molar-refractivity contribution in [1.29, 1.82) is 15.8 Å². The minimum Gasteiger partial charge on any atom is -0.327 e. The third-order valence-electron chi connectivity index (χ3n) is 2.36. The van der Waals surface area contributed by atoms with Crippen LogP contribution < -0.4 is 5.73 Å². The van der Waals surface area contributed by atoms with Crippen LogP contribution in [0.5, 0.6) is 0 Å². The van der Waals surface area contributed by atoms with Crippen LogP contribution in [0.3, 0.4) is 0 Å². The van der Waals surface area contributed by atoms with E-state index < -0.39 is 0 Å². The normalized spacial score (nSPS) is 22.1. The van der Waals surface area contributed by atoms with Gasteiger partial charge in [-0.25, -0.2) is 0 Å². The molecule has 4 heteroatoms. The molecule has 74 valence electrons. The first kappa shape index (κ1) is 11.0. The van der Waals surface area contributed by atoms with Crippen molar-refractivity contribution in [2.24, 2.45) is 5.73 Å². The lowest BCUT2D eigenvalue weighted by Gasteiger charge is -1.98. The molecule has 0 bridgehead atoms. The highest BCUT2D eigenvalue weighted by atomic mass is 14.6. The molecule has 15 heavy (non-hydrogen) atoms. The Hall–Kier alpha value is -2.09. The molecule has 0 amide bonds. The third-order valence-corrected chi connectivity index (χ3v) is 2.36. The number of nitrogens with two attached hydrogens (primary N) is 1. The average molecular weight is 198 g/mol. The first-order valence-electron chi connectivity index (χ1n) is 4.61. The van der Waals surface area contributed by atoms with Gasteiger partial charge in [0.1, 0.15) is 17.7 Å². The van der Waals surface area contributed by atoms with Gasteiger partial charge in [-0.3, -0.25) is 0 Å². The quantitative estimate of drug-likeness (QED) is 0.642. The molecule has 0 radical (unpaired) electrons. The Morgan fingerprint density at radius 2 is 1.93 bits per heavy atom. The van der Waals surface area contributed by atoms with Gasteiger partial charge < -0.3 is 5.73 Å². The molecule has 2 N–H and O–H groups in total. The van der Waals surface area contributed by atoms with E-state index in [1.807, 2.05) is 6.07 Å². The number of nitrogens with zero attached hydrogens (tertiary/aromatic N) is 3. The second kappa shape index (κ2) is 4.96. The number of nitriles is 3. The van der Waals surface area contributed by atoms with Crippen molar-refractivity contribution in [2.75, 3.05) is 0 Å². The van der Waals surface area contributed by atoms with Crippen molar-refractivity contribution in [1.82, 2.24) is 0 Å². The predicted molar refractivity (Wildman–Crippen MR) is 53.8 cm³/mol. The molecule has 0 saturated heterocycles. The van der Waals surface area contributed by atoms with Gasteiger partial charge in [-0.05, 0) is 25.3 Å². The first-order chi connectivity index (χ1) is 7.21. The summed E-state index contributed by atoms with van der Waals surface area (Å²) in [5, 5.41) is 26.0. The van der Waals surface area contributed by atoms with Gasteiger partial charge in [-0.2, -0.15) is 15.8 Å². The van der Waals surface area contributed by atoms with Crippen LogP contribution in [0, 0.1) is 34.0 Å². The second-order valence-corrected chi connectivity index (χ2v) is 3.41. The Kier molecular flexibility index (Phi) is 3.63. The molecule has 0 heterocycles. The van der Waals surface area contributed by atoms with E-state index in [0.717, 1.165) is 18.4 Å². The lowest BCUT2D eigenvalue weighted by molar-refractivity contribution is 0.711. The van der Waals surface area contributed by atoms with E-state index >= 15 is 0 Å².